The molecule has 1 saturated carbocycles. The van der Waals surface area contributed by atoms with Gasteiger partial charge in [0.1, 0.15) is 4.90 Å². The van der Waals surface area contributed by atoms with Gasteiger partial charge in [-0.15, -0.1) is 0 Å². The maximum atomic E-state index is 12.0. The highest BCUT2D eigenvalue weighted by molar-refractivity contribution is 7.89. The number of pyridine rings is 1. The van der Waals surface area contributed by atoms with Gasteiger partial charge in [0.15, 0.2) is 0 Å². The monoisotopic (exact) mass is 269 g/mol. The van der Waals surface area contributed by atoms with Gasteiger partial charge in [-0.2, -0.15) is 0 Å². The van der Waals surface area contributed by atoms with Gasteiger partial charge in [0, 0.05) is 19.3 Å². The predicted molar refractivity (Wildman–Crippen MR) is 69.3 cm³/mol. The van der Waals surface area contributed by atoms with Crippen LogP contribution in [0.4, 0.5) is 0 Å². The van der Waals surface area contributed by atoms with E-state index in [0.717, 1.165) is 12.8 Å². The van der Waals surface area contributed by atoms with Crippen molar-refractivity contribution >= 4 is 10.0 Å². The molecule has 0 atom stereocenters. The molecule has 100 valence electrons. The van der Waals surface area contributed by atoms with E-state index in [1.165, 1.54) is 19.0 Å². The van der Waals surface area contributed by atoms with Crippen LogP contribution >= 0.6 is 0 Å². The van der Waals surface area contributed by atoms with Gasteiger partial charge < -0.3 is 5.73 Å². The fourth-order valence-electron chi connectivity index (χ4n) is 2.22. The van der Waals surface area contributed by atoms with Gasteiger partial charge >= 0.3 is 0 Å². The molecular formula is C12H19N3O2S. The van der Waals surface area contributed by atoms with E-state index in [0.29, 0.717) is 24.7 Å². The molecule has 0 bridgehead atoms. The topological polar surface area (TPSA) is 85.1 Å². The molecule has 0 aliphatic heterocycles. The quantitative estimate of drug-likeness (QED) is 0.835. The van der Waals surface area contributed by atoms with Crippen molar-refractivity contribution in [1.82, 2.24) is 9.71 Å². The predicted octanol–water partition coefficient (Wildman–Crippen LogP) is 1.01. The second-order valence-corrected chi connectivity index (χ2v) is 6.46. The first-order valence-electron chi connectivity index (χ1n) is 6.26. The van der Waals surface area contributed by atoms with Crippen molar-refractivity contribution in [2.45, 2.75) is 37.1 Å². The minimum atomic E-state index is -3.43. The van der Waals surface area contributed by atoms with Crippen LogP contribution in [0.25, 0.3) is 0 Å². The summed E-state index contributed by atoms with van der Waals surface area (Å²) < 4.78 is 26.7. The van der Waals surface area contributed by atoms with Gasteiger partial charge in [0.05, 0.1) is 5.69 Å². The second kappa shape index (κ2) is 5.77. The SMILES string of the molecule is NCc1ccc(S(=O)(=O)NCC2CCCC2)cn1. The van der Waals surface area contributed by atoms with Gasteiger partial charge in [0.25, 0.3) is 0 Å². The van der Waals surface area contributed by atoms with Gasteiger partial charge in [0.2, 0.25) is 10.0 Å². The zero-order chi connectivity index (χ0) is 13.0. The van der Waals surface area contributed by atoms with E-state index in [1.807, 2.05) is 0 Å². The highest BCUT2D eigenvalue weighted by atomic mass is 32.2. The number of hydrogen-bond acceptors (Lipinski definition) is 4. The molecule has 0 unspecified atom stereocenters. The van der Waals surface area contributed by atoms with Crippen LogP contribution in [0.3, 0.4) is 0 Å². The fourth-order valence-corrected chi connectivity index (χ4v) is 3.28. The average Bonchev–Trinajstić information content (AvgIpc) is 2.90. The summed E-state index contributed by atoms with van der Waals surface area (Å²) in [5.41, 5.74) is 6.11. The Bertz CT molecular complexity index is 479. The largest absolute Gasteiger partial charge is 0.325 e. The lowest BCUT2D eigenvalue weighted by Crippen LogP contribution is -2.28. The summed E-state index contributed by atoms with van der Waals surface area (Å²) in [6, 6.07) is 3.19. The van der Waals surface area contributed by atoms with E-state index in [4.69, 9.17) is 5.73 Å². The zero-order valence-electron chi connectivity index (χ0n) is 10.3. The smallest absolute Gasteiger partial charge is 0.242 e. The number of nitrogens with one attached hydrogen (secondary N) is 1. The van der Waals surface area contributed by atoms with Gasteiger partial charge in [-0.1, -0.05) is 12.8 Å². The third kappa shape index (κ3) is 3.28. The van der Waals surface area contributed by atoms with Crippen molar-refractivity contribution in [3.05, 3.63) is 24.0 Å². The Morgan fingerprint density at radius 2 is 2.06 bits per heavy atom. The molecule has 1 aromatic heterocycles. The molecule has 1 aliphatic rings. The lowest BCUT2D eigenvalue weighted by atomic mass is 10.1. The van der Waals surface area contributed by atoms with Gasteiger partial charge in [-0.3, -0.25) is 4.98 Å². The van der Waals surface area contributed by atoms with Crippen LogP contribution in [0.15, 0.2) is 23.2 Å². The Kier molecular flexibility index (Phi) is 4.31. The summed E-state index contributed by atoms with van der Waals surface area (Å²) >= 11 is 0. The van der Waals surface area contributed by atoms with E-state index in [9.17, 15) is 8.42 Å². The Hall–Kier alpha value is -0.980. The zero-order valence-corrected chi connectivity index (χ0v) is 11.1. The number of nitrogens with zero attached hydrogens (tertiary/aromatic N) is 1. The molecule has 0 spiro atoms. The van der Waals surface area contributed by atoms with E-state index in [1.54, 1.807) is 12.1 Å². The highest BCUT2D eigenvalue weighted by Crippen LogP contribution is 2.24. The normalized spacial score (nSPS) is 17.2. The minimum Gasteiger partial charge on any atom is -0.325 e. The molecule has 0 amide bonds. The van der Waals surface area contributed by atoms with Crippen LogP contribution in [-0.2, 0) is 16.6 Å². The molecule has 6 heteroatoms. The first-order chi connectivity index (χ1) is 8.62. The fraction of sp³-hybridized carbons (Fsp3) is 0.583. The molecule has 1 aromatic rings. The van der Waals surface area contributed by atoms with Crippen molar-refractivity contribution in [2.75, 3.05) is 6.54 Å². The van der Waals surface area contributed by atoms with Gasteiger partial charge in [-0.05, 0) is 30.9 Å². The van der Waals surface area contributed by atoms with Crippen molar-refractivity contribution in [3.63, 3.8) is 0 Å². The molecule has 1 heterocycles. The molecule has 1 aliphatic carbocycles. The number of rotatable bonds is 5. The summed E-state index contributed by atoms with van der Waals surface area (Å²) in [5.74, 6) is 0.482. The van der Waals surface area contributed by atoms with Crippen LogP contribution in [0, 0.1) is 5.92 Å². The van der Waals surface area contributed by atoms with Crippen LogP contribution in [0.1, 0.15) is 31.4 Å². The van der Waals surface area contributed by atoms with Crippen LogP contribution in [-0.4, -0.2) is 19.9 Å². The van der Waals surface area contributed by atoms with Crippen molar-refractivity contribution in [3.8, 4) is 0 Å². The minimum absolute atomic E-state index is 0.206. The maximum absolute atomic E-state index is 12.0. The average molecular weight is 269 g/mol. The number of sulfonamides is 1. The molecule has 0 saturated heterocycles. The van der Waals surface area contributed by atoms with E-state index >= 15 is 0 Å². The van der Waals surface area contributed by atoms with E-state index < -0.39 is 10.0 Å². The second-order valence-electron chi connectivity index (χ2n) is 4.69. The molecule has 2 rings (SSSR count). The highest BCUT2D eigenvalue weighted by Gasteiger charge is 2.19. The van der Waals surface area contributed by atoms with Crippen molar-refractivity contribution < 1.29 is 8.42 Å². The standard InChI is InChI=1S/C12H19N3O2S/c13-7-11-5-6-12(9-14-11)18(16,17)15-8-10-3-1-2-4-10/h5-6,9-10,15H,1-4,7-8,13H2. The van der Waals surface area contributed by atoms with E-state index in [2.05, 4.69) is 9.71 Å². The third-order valence-corrected chi connectivity index (χ3v) is 4.76. The first kappa shape index (κ1) is 13.5. The summed E-state index contributed by atoms with van der Waals surface area (Å²) in [6.45, 7) is 0.844. The Balaban J connectivity index is 2.00. The van der Waals surface area contributed by atoms with Crippen molar-refractivity contribution in [2.24, 2.45) is 11.7 Å². The molecule has 0 radical (unpaired) electrons. The van der Waals surface area contributed by atoms with Crippen molar-refractivity contribution in [1.29, 1.82) is 0 Å². The molecular weight excluding hydrogens is 250 g/mol. The summed E-state index contributed by atoms with van der Waals surface area (Å²) in [4.78, 5) is 4.21. The summed E-state index contributed by atoms with van der Waals surface area (Å²) in [6.07, 6.45) is 6.01. The third-order valence-electron chi connectivity index (χ3n) is 3.35. The molecule has 5 nitrogen and oxygen atoms in total. The van der Waals surface area contributed by atoms with Crippen LogP contribution < -0.4 is 10.5 Å². The van der Waals surface area contributed by atoms with E-state index in [-0.39, 0.29) is 4.90 Å². The molecule has 0 aromatic carbocycles. The van der Waals surface area contributed by atoms with Gasteiger partial charge in [-0.25, -0.2) is 13.1 Å². The molecule has 3 N–H and O–H groups in total. The maximum Gasteiger partial charge on any atom is 0.242 e. The van der Waals surface area contributed by atoms with Crippen LogP contribution in [0.5, 0.6) is 0 Å². The molecule has 18 heavy (non-hydrogen) atoms. The summed E-state index contributed by atoms with van der Waals surface area (Å²) in [5, 5.41) is 0. The Labute approximate surface area is 108 Å². The Morgan fingerprint density at radius 1 is 1.33 bits per heavy atom. The number of nitrogens with two attached hydrogens (primary N) is 1. The number of aromatic nitrogens is 1. The lowest BCUT2D eigenvalue weighted by Gasteiger charge is -2.11. The number of hydrogen-bond donors (Lipinski definition) is 2. The Morgan fingerprint density at radius 3 is 2.61 bits per heavy atom. The summed E-state index contributed by atoms with van der Waals surface area (Å²) in [7, 11) is -3.43. The lowest BCUT2D eigenvalue weighted by molar-refractivity contribution is 0.519. The molecule has 1 fully saturated rings. The van der Waals surface area contributed by atoms with Crippen LogP contribution in [0.2, 0.25) is 0 Å². The first-order valence-corrected chi connectivity index (χ1v) is 7.75.